The fourth-order valence-corrected chi connectivity index (χ4v) is 2.17. The first-order chi connectivity index (χ1) is 10.2. The molecule has 7 heteroatoms. The van der Waals surface area contributed by atoms with Crippen LogP contribution in [0.3, 0.4) is 0 Å². The van der Waals surface area contributed by atoms with Gasteiger partial charge >= 0.3 is 0 Å². The van der Waals surface area contributed by atoms with E-state index in [0.29, 0.717) is 15.6 Å². The van der Waals surface area contributed by atoms with Crippen molar-refractivity contribution in [3.8, 4) is 28.9 Å². The number of nitriles is 1. The lowest BCUT2D eigenvalue weighted by Gasteiger charge is -1.98. The van der Waals surface area contributed by atoms with Crippen molar-refractivity contribution in [3.63, 3.8) is 0 Å². The monoisotopic (exact) mass is 344 g/mol. The number of pyridine rings is 1. The first kappa shape index (κ1) is 13.4. The molecule has 2 heterocycles. The standard InChI is InChI=1S/C14H6BrFN4O/c15-12-2-1-9(16)6-11(12)13-19-14(21-20-13)8-3-4-18-10(5-8)7-17/h1-6H. The van der Waals surface area contributed by atoms with E-state index in [1.54, 1.807) is 12.1 Å². The first-order valence-electron chi connectivity index (χ1n) is 5.83. The maximum Gasteiger partial charge on any atom is 0.258 e. The molecule has 2 aromatic heterocycles. The predicted octanol–water partition coefficient (Wildman–Crippen LogP) is 3.57. The molecule has 0 saturated carbocycles. The van der Waals surface area contributed by atoms with Gasteiger partial charge in [0, 0.05) is 21.8 Å². The highest BCUT2D eigenvalue weighted by molar-refractivity contribution is 9.10. The van der Waals surface area contributed by atoms with Gasteiger partial charge in [0.25, 0.3) is 5.89 Å². The van der Waals surface area contributed by atoms with Gasteiger partial charge in [-0.3, -0.25) is 0 Å². The average Bonchev–Trinajstić information content (AvgIpc) is 2.99. The van der Waals surface area contributed by atoms with E-state index in [2.05, 4.69) is 31.1 Å². The van der Waals surface area contributed by atoms with Gasteiger partial charge in [-0.15, -0.1) is 0 Å². The van der Waals surface area contributed by atoms with Crippen LogP contribution >= 0.6 is 15.9 Å². The molecule has 0 radical (unpaired) electrons. The molecule has 0 aliphatic carbocycles. The molecule has 5 nitrogen and oxygen atoms in total. The maximum atomic E-state index is 13.3. The third-order valence-electron chi connectivity index (χ3n) is 2.72. The molecule has 0 N–H and O–H groups in total. The van der Waals surface area contributed by atoms with E-state index in [1.807, 2.05) is 6.07 Å². The summed E-state index contributed by atoms with van der Waals surface area (Å²) in [5.74, 6) is 0.0991. The van der Waals surface area contributed by atoms with Crippen molar-refractivity contribution in [2.24, 2.45) is 0 Å². The quantitative estimate of drug-likeness (QED) is 0.710. The molecule has 0 fully saturated rings. The largest absolute Gasteiger partial charge is 0.334 e. The Morgan fingerprint density at radius 1 is 1.24 bits per heavy atom. The van der Waals surface area contributed by atoms with E-state index < -0.39 is 5.82 Å². The number of benzene rings is 1. The molecular formula is C14H6BrFN4O. The number of aromatic nitrogens is 3. The summed E-state index contributed by atoms with van der Waals surface area (Å²) in [7, 11) is 0. The normalized spacial score (nSPS) is 10.3. The number of hydrogen-bond donors (Lipinski definition) is 0. The van der Waals surface area contributed by atoms with Crippen LogP contribution in [0.15, 0.2) is 45.5 Å². The molecule has 0 saturated heterocycles. The molecule has 102 valence electrons. The zero-order chi connectivity index (χ0) is 14.8. The van der Waals surface area contributed by atoms with Crippen LogP contribution in [0, 0.1) is 17.1 Å². The van der Waals surface area contributed by atoms with E-state index in [1.165, 1.54) is 24.4 Å². The predicted molar refractivity (Wildman–Crippen MR) is 75.3 cm³/mol. The van der Waals surface area contributed by atoms with Crippen molar-refractivity contribution in [3.05, 3.63) is 52.5 Å². The Labute approximate surface area is 127 Å². The van der Waals surface area contributed by atoms with Crippen LogP contribution in [-0.4, -0.2) is 15.1 Å². The van der Waals surface area contributed by atoms with Gasteiger partial charge < -0.3 is 4.52 Å². The lowest BCUT2D eigenvalue weighted by molar-refractivity contribution is 0.432. The molecule has 21 heavy (non-hydrogen) atoms. The van der Waals surface area contributed by atoms with Crippen molar-refractivity contribution in [2.45, 2.75) is 0 Å². The van der Waals surface area contributed by atoms with E-state index in [0.717, 1.165) is 0 Å². The van der Waals surface area contributed by atoms with E-state index in [4.69, 9.17) is 9.78 Å². The SMILES string of the molecule is N#Cc1cc(-c2nc(-c3cc(F)ccc3Br)no2)ccn1. The Morgan fingerprint density at radius 3 is 2.90 bits per heavy atom. The van der Waals surface area contributed by atoms with Gasteiger partial charge in [-0.25, -0.2) is 9.37 Å². The molecule has 0 aliphatic rings. The summed E-state index contributed by atoms with van der Waals surface area (Å²) in [5.41, 5.74) is 1.31. The van der Waals surface area contributed by atoms with Crippen LogP contribution in [0.2, 0.25) is 0 Å². The van der Waals surface area contributed by atoms with Gasteiger partial charge in [-0.05, 0) is 30.3 Å². The van der Waals surface area contributed by atoms with Crippen molar-refractivity contribution >= 4 is 15.9 Å². The van der Waals surface area contributed by atoms with Crippen LogP contribution in [0.25, 0.3) is 22.8 Å². The molecule has 0 amide bonds. The minimum atomic E-state index is -0.393. The molecule has 0 aliphatic heterocycles. The third-order valence-corrected chi connectivity index (χ3v) is 3.41. The molecule has 3 aromatic rings. The number of halogens is 2. The van der Waals surface area contributed by atoms with Crippen molar-refractivity contribution in [1.29, 1.82) is 5.26 Å². The number of hydrogen-bond acceptors (Lipinski definition) is 5. The van der Waals surface area contributed by atoms with E-state index in [-0.39, 0.29) is 17.4 Å². The fraction of sp³-hybridized carbons (Fsp3) is 0. The van der Waals surface area contributed by atoms with Gasteiger partial charge in [-0.2, -0.15) is 10.2 Å². The van der Waals surface area contributed by atoms with E-state index >= 15 is 0 Å². The van der Waals surface area contributed by atoms with Crippen LogP contribution in [0.4, 0.5) is 4.39 Å². The van der Waals surface area contributed by atoms with Crippen LogP contribution in [0.1, 0.15) is 5.69 Å². The molecule has 0 atom stereocenters. The Hall–Kier alpha value is -2.59. The third kappa shape index (κ3) is 2.66. The fourth-order valence-electron chi connectivity index (χ4n) is 1.74. The minimum Gasteiger partial charge on any atom is -0.334 e. The van der Waals surface area contributed by atoms with E-state index in [9.17, 15) is 4.39 Å². The molecular weight excluding hydrogens is 339 g/mol. The Balaban J connectivity index is 2.04. The zero-order valence-electron chi connectivity index (χ0n) is 10.4. The van der Waals surface area contributed by atoms with Gasteiger partial charge in [0.05, 0.1) is 0 Å². The second kappa shape index (κ2) is 5.42. The zero-order valence-corrected chi connectivity index (χ0v) is 12.0. The smallest absolute Gasteiger partial charge is 0.258 e. The minimum absolute atomic E-state index is 0.236. The van der Waals surface area contributed by atoms with Crippen LogP contribution in [0.5, 0.6) is 0 Å². The van der Waals surface area contributed by atoms with Crippen LogP contribution < -0.4 is 0 Å². The first-order valence-corrected chi connectivity index (χ1v) is 6.62. The van der Waals surface area contributed by atoms with Gasteiger partial charge in [0.1, 0.15) is 17.6 Å². The molecule has 0 unspecified atom stereocenters. The van der Waals surface area contributed by atoms with Gasteiger partial charge in [0.2, 0.25) is 5.82 Å². The molecule has 1 aromatic carbocycles. The highest BCUT2D eigenvalue weighted by atomic mass is 79.9. The Bertz CT molecular complexity index is 856. The van der Waals surface area contributed by atoms with Gasteiger partial charge in [0.15, 0.2) is 0 Å². The highest BCUT2D eigenvalue weighted by Gasteiger charge is 2.14. The number of nitrogens with zero attached hydrogens (tertiary/aromatic N) is 4. The Morgan fingerprint density at radius 2 is 2.10 bits per heavy atom. The summed E-state index contributed by atoms with van der Waals surface area (Å²) in [5, 5.41) is 12.7. The summed E-state index contributed by atoms with van der Waals surface area (Å²) in [6.45, 7) is 0. The summed E-state index contributed by atoms with van der Waals surface area (Å²) in [6, 6.07) is 9.34. The molecule has 3 rings (SSSR count). The van der Waals surface area contributed by atoms with Crippen LogP contribution in [-0.2, 0) is 0 Å². The lowest BCUT2D eigenvalue weighted by atomic mass is 10.2. The Kier molecular flexibility index (Phi) is 3.46. The summed E-state index contributed by atoms with van der Waals surface area (Å²) >= 11 is 3.31. The topological polar surface area (TPSA) is 75.6 Å². The molecule has 0 spiro atoms. The number of rotatable bonds is 2. The maximum absolute atomic E-state index is 13.3. The summed E-state index contributed by atoms with van der Waals surface area (Å²) in [6.07, 6.45) is 1.48. The van der Waals surface area contributed by atoms with Gasteiger partial charge in [-0.1, -0.05) is 21.1 Å². The van der Waals surface area contributed by atoms with Crippen molar-refractivity contribution < 1.29 is 8.91 Å². The summed E-state index contributed by atoms with van der Waals surface area (Å²) < 4.78 is 19.1. The molecule has 0 bridgehead atoms. The second-order valence-electron chi connectivity index (χ2n) is 4.09. The summed E-state index contributed by atoms with van der Waals surface area (Å²) in [4.78, 5) is 8.08. The lowest BCUT2D eigenvalue weighted by Crippen LogP contribution is -1.86. The average molecular weight is 345 g/mol. The van der Waals surface area contributed by atoms with Crippen molar-refractivity contribution in [1.82, 2.24) is 15.1 Å². The van der Waals surface area contributed by atoms with Crippen molar-refractivity contribution in [2.75, 3.05) is 0 Å². The second-order valence-corrected chi connectivity index (χ2v) is 4.94. The highest BCUT2D eigenvalue weighted by Crippen LogP contribution is 2.28.